The minimum Gasteiger partial charge on any atom is -0.481 e. The summed E-state index contributed by atoms with van der Waals surface area (Å²) in [5.74, 6) is -3.14. The van der Waals surface area contributed by atoms with E-state index in [4.69, 9.17) is 5.11 Å². The summed E-state index contributed by atoms with van der Waals surface area (Å²) in [6.07, 6.45) is 2.39. The Labute approximate surface area is 114 Å². The Bertz CT molecular complexity index is 521. The molecule has 0 saturated heterocycles. The van der Waals surface area contributed by atoms with Gasteiger partial charge >= 0.3 is 5.97 Å². The van der Waals surface area contributed by atoms with Crippen molar-refractivity contribution in [3.05, 3.63) is 35.4 Å². The van der Waals surface area contributed by atoms with Crippen LogP contribution >= 0.6 is 0 Å². The van der Waals surface area contributed by atoms with Gasteiger partial charge in [-0.05, 0) is 30.4 Å². The predicted molar refractivity (Wildman–Crippen MR) is 67.2 cm³/mol. The first kappa shape index (κ1) is 14.4. The second-order valence-electron chi connectivity index (χ2n) is 5.26. The molecule has 1 amide bonds. The van der Waals surface area contributed by atoms with E-state index in [0.717, 1.165) is 31.4 Å². The number of rotatable bonds is 5. The number of hydrogen-bond acceptors (Lipinski definition) is 2. The summed E-state index contributed by atoms with van der Waals surface area (Å²) in [7, 11) is 0. The summed E-state index contributed by atoms with van der Waals surface area (Å²) in [5.41, 5.74) is -0.528. The standard InChI is InChI=1S/C14H15F2NO3/c15-10-4-9(5-11(16)6-10)13(20)17-8-14(2-1-3-14)7-12(18)19/h4-6H,1-3,7-8H2,(H,17,20)(H,18,19). The quantitative estimate of drug-likeness (QED) is 0.871. The summed E-state index contributed by atoms with van der Waals surface area (Å²) in [6.45, 7) is 0.205. The fourth-order valence-electron chi connectivity index (χ4n) is 2.47. The maximum absolute atomic E-state index is 13.0. The minimum atomic E-state index is -0.907. The Balaban J connectivity index is 1.99. The summed E-state index contributed by atoms with van der Waals surface area (Å²) in [4.78, 5) is 22.6. The number of aliphatic carboxylic acids is 1. The highest BCUT2D eigenvalue weighted by atomic mass is 19.1. The zero-order valence-electron chi connectivity index (χ0n) is 10.8. The minimum absolute atomic E-state index is 0.00914. The van der Waals surface area contributed by atoms with Crippen LogP contribution in [0.25, 0.3) is 0 Å². The van der Waals surface area contributed by atoms with Crippen LogP contribution in [0.3, 0.4) is 0 Å². The van der Waals surface area contributed by atoms with Crippen molar-refractivity contribution >= 4 is 11.9 Å². The maximum Gasteiger partial charge on any atom is 0.303 e. The van der Waals surface area contributed by atoms with E-state index in [9.17, 15) is 18.4 Å². The van der Waals surface area contributed by atoms with Crippen molar-refractivity contribution in [1.82, 2.24) is 5.32 Å². The topological polar surface area (TPSA) is 66.4 Å². The van der Waals surface area contributed by atoms with Crippen molar-refractivity contribution < 1.29 is 23.5 Å². The number of carboxylic acid groups (broad SMARTS) is 1. The molecule has 2 rings (SSSR count). The van der Waals surface area contributed by atoms with E-state index in [2.05, 4.69) is 5.32 Å². The van der Waals surface area contributed by atoms with Crippen LogP contribution in [0.5, 0.6) is 0 Å². The van der Waals surface area contributed by atoms with E-state index in [0.29, 0.717) is 6.07 Å². The predicted octanol–water partition coefficient (Wildman–Crippen LogP) is 2.34. The third-order valence-corrected chi connectivity index (χ3v) is 3.69. The Morgan fingerprint density at radius 3 is 2.25 bits per heavy atom. The lowest BCUT2D eigenvalue weighted by atomic mass is 9.66. The molecule has 108 valence electrons. The second kappa shape index (κ2) is 5.56. The molecule has 1 aromatic rings. The van der Waals surface area contributed by atoms with Gasteiger partial charge in [-0.2, -0.15) is 0 Å². The largest absolute Gasteiger partial charge is 0.481 e. The van der Waals surface area contributed by atoms with Crippen LogP contribution in [0.15, 0.2) is 18.2 Å². The molecule has 0 spiro atoms. The molecular weight excluding hydrogens is 268 g/mol. The van der Waals surface area contributed by atoms with Crippen LogP contribution in [0.1, 0.15) is 36.0 Å². The van der Waals surface area contributed by atoms with Crippen molar-refractivity contribution in [2.24, 2.45) is 5.41 Å². The number of carboxylic acids is 1. The molecule has 1 aliphatic rings. The van der Waals surface area contributed by atoms with Crippen molar-refractivity contribution in [2.45, 2.75) is 25.7 Å². The van der Waals surface area contributed by atoms with Gasteiger partial charge in [-0.15, -0.1) is 0 Å². The smallest absolute Gasteiger partial charge is 0.303 e. The molecule has 0 bridgehead atoms. The SMILES string of the molecule is O=C(O)CC1(CNC(=O)c2cc(F)cc(F)c2)CCC1. The molecule has 1 aromatic carbocycles. The first-order valence-electron chi connectivity index (χ1n) is 6.36. The van der Waals surface area contributed by atoms with Gasteiger partial charge in [-0.3, -0.25) is 9.59 Å². The molecule has 4 nitrogen and oxygen atoms in total. The average molecular weight is 283 g/mol. The molecule has 1 aliphatic carbocycles. The zero-order valence-corrected chi connectivity index (χ0v) is 10.8. The first-order chi connectivity index (χ1) is 9.40. The molecule has 1 fully saturated rings. The fourth-order valence-corrected chi connectivity index (χ4v) is 2.47. The molecule has 0 aliphatic heterocycles. The lowest BCUT2D eigenvalue weighted by molar-refractivity contribution is -0.141. The number of nitrogens with one attached hydrogen (secondary N) is 1. The van der Waals surface area contributed by atoms with Crippen molar-refractivity contribution in [3.8, 4) is 0 Å². The Morgan fingerprint density at radius 1 is 1.20 bits per heavy atom. The van der Waals surface area contributed by atoms with Gasteiger partial charge in [0.15, 0.2) is 0 Å². The van der Waals surface area contributed by atoms with E-state index in [1.54, 1.807) is 0 Å². The van der Waals surface area contributed by atoms with Crippen LogP contribution in [0.4, 0.5) is 8.78 Å². The molecule has 0 atom stereocenters. The molecular formula is C14H15F2NO3. The highest BCUT2D eigenvalue weighted by molar-refractivity contribution is 5.94. The summed E-state index contributed by atoms with van der Waals surface area (Å²) < 4.78 is 26.0. The molecule has 0 unspecified atom stereocenters. The number of benzene rings is 1. The monoisotopic (exact) mass is 283 g/mol. The van der Waals surface area contributed by atoms with Gasteiger partial charge in [-0.1, -0.05) is 6.42 Å². The number of hydrogen-bond donors (Lipinski definition) is 2. The lowest BCUT2D eigenvalue weighted by Crippen LogP contribution is -2.43. The van der Waals surface area contributed by atoms with Crippen LogP contribution in [-0.2, 0) is 4.79 Å². The lowest BCUT2D eigenvalue weighted by Gasteiger charge is -2.40. The summed E-state index contributed by atoms with van der Waals surface area (Å²) in [5, 5.41) is 11.4. The summed E-state index contributed by atoms with van der Waals surface area (Å²) in [6, 6.07) is 2.58. The number of amides is 1. The Morgan fingerprint density at radius 2 is 1.80 bits per heavy atom. The van der Waals surface area contributed by atoms with E-state index < -0.39 is 28.9 Å². The van der Waals surface area contributed by atoms with E-state index in [-0.39, 0.29) is 18.5 Å². The van der Waals surface area contributed by atoms with Crippen LogP contribution < -0.4 is 5.32 Å². The Kier molecular flexibility index (Phi) is 4.01. The Hall–Kier alpha value is -1.98. The van der Waals surface area contributed by atoms with Gasteiger partial charge in [0, 0.05) is 18.2 Å². The number of carbonyl (C=O) groups is 2. The highest BCUT2D eigenvalue weighted by Crippen LogP contribution is 2.43. The normalized spacial score (nSPS) is 16.3. The van der Waals surface area contributed by atoms with Crippen molar-refractivity contribution in [2.75, 3.05) is 6.54 Å². The molecule has 20 heavy (non-hydrogen) atoms. The van der Waals surface area contributed by atoms with Crippen LogP contribution in [-0.4, -0.2) is 23.5 Å². The highest BCUT2D eigenvalue weighted by Gasteiger charge is 2.39. The molecule has 2 N–H and O–H groups in total. The van der Waals surface area contributed by atoms with Gasteiger partial charge in [0.25, 0.3) is 5.91 Å². The average Bonchev–Trinajstić information content (AvgIpc) is 2.30. The van der Waals surface area contributed by atoms with Crippen molar-refractivity contribution in [3.63, 3.8) is 0 Å². The molecule has 6 heteroatoms. The fraction of sp³-hybridized carbons (Fsp3) is 0.429. The zero-order chi connectivity index (χ0) is 14.8. The van der Waals surface area contributed by atoms with Gasteiger partial charge in [0.05, 0.1) is 6.42 Å². The van der Waals surface area contributed by atoms with Gasteiger partial charge in [0.2, 0.25) is 0 Å². The molecule has 0 radical (unpaired) electrons. The van der Waals surface area contributed by atoms with Gasteiger partial charge < -0.3 is 10.4 Å². The van der Waals surface area contributed by atoms with Crippen LogP contribution in [0, 0.1) is 17.0 Å². The maximum atomic E-state index is 13.0. The van der Waals surface area contributed by atoms with Crippen LogP contribution in [0.2, 0.25) is 0 Å². The van der Waals surface area contributed by atoms with Gasteiger partial charge in [0.1, 0.15) is 11.6 Å². The number of halogens is 2. The third-order valence-electron chi connectivity index (χ3n) is 3.69. The summed E-state index contributed by atoms with van der Waals surface area (Å²) >= 11 is 0. The second-order valence-corrected chi connectivity index (χ2v) is 5.26. The molecule has 0 heterocycles. The molecule has 1 saturated carbocycles. The molecule has 0 aromatic heterocycles. The third kappa shape index (κ3) is 3.31. The van der Waals surface area contributed by atoms with Crippen molar-refractivity contribution in [1.29, 1.82) is 0 Å². The number of carbonyl (C=O) groups excluding carboxylic acids is 1. The first-order valence-corrected chi connectivity index (χ1v) is 6.36. The van der Waals surface area contributed by atoms with E-state index >= 15 is 0 Å². The van der Waals surface area contributed by atoms with Gasteiger partial charge in [-0.25, -0.2) is 8.78 Å². The van der Waals surface area contributed by atoms with E-state index in [1.807, 2.05) is 0 Å². The van der Waals surface area contributed by atoms with E-state index in [1.165, 1.54) is 0 Å².